The quantitative estimate of drug-likeness (QED) is 0.694. The highest BCUT2D eigenvalue weighted by Crippen LogP contribution is 2.34. The fraction of sp³-hybridized carbons (Fsp3) is 0.316. The Balaban J connectivity index is 2.67. The normalized spacial score (nSPS) is 11.4. The van der Waals surface area contributed by atoms with E-state index in [1.165, 1.54) is 5.56 Å². The third-order valence-corrected chi connectivity index (χ3v) is 3.57. The van der Waals surface area contributed by atoms with Gasteiger partial charge in [-0.05, 0) is 22.1 Å². The first-order chi connectivity index (χ1) is 9.45. The number of benzene rings is 2. The molecule has 2 rings (SSSR count). The molecular formula is C19H22O. The van der Waals surface area contributed by atoms with Gasteiger partial charge in [-0.25, -0.2) is 0 Å². The van der Waals surface area contributed by atoms with Crippen LogP contribution in [0.25, 0.3) is 11.1 Å². The number of rotatable bonds is 3. The molecule has 104 valence electrons. The third kappa shape index (κ3) is 2.82. The Hall–Kier alpha value is -1.89. The second-order valence-electron chi connectivity index (χ2n) is 6.12. The average molecular weight is 266 g/mol. The zero-order valence-electron chi connectivity index (χ0n) is 12.7. The highest BCUT2D eigenvalue weighted by Gasteiger charge is 2.20. The largest absolute Gasteiger partial charge is 0.294 e. The summed E-state index contributed by atoms with van der Waals surface area (Å²) in [6.45, 7) is 8.52. The van der Waals surface area contributed by atoms with Crippen LogP contribution in [0.2, 0.25) is 0 Å². The lowest BCUT2D eigenvalue weighted by Crippen LogP contribution is -2.13. The average Bonchev–Trinajstić information content (AvgIpc) is 2.45. The molecule has 2 aromatic rings. The molecule has 0 unspecified atom stereocenters. The molecule has 0 aliphatic rings. The van der Waals surface area contributed by atoms with Crippen molar-refractivity contribution in [3.63, 3.8) is 0 Å². The Morgan fingerprint density at radius 1 is 0.900 bits per heavy atom. The highest BCUT2D eigenvalue weighted by molar-refractivity contribution is 6.02. The van der Waals surface area contributed by atoms with E-state index in [1.807, 2.05) is 37.3 Å². The lowest BCUT2D eigenvalue weighted by Gasteiger charge is -2.24. The number of hydrogen-bond donors (Lipinski definition) is 0. The van der Waals surface area contributed by atoms with Crippen LogP contribution in [0.4, 0.5) is 0 Å². The van der Waals surface area contributed by atoms with Gasteiger partial charge in [0, 0.05) is 12.0 Å². The molecule has 0 saturated heterocycles. The number of ketones is 1. The molecule has 2 aromatic carbocycles. The molecule has 0 aliphatic heterocycles. The van der Waals surface area contributed by atoms with Crippen LogP contribution in [-0.2, 0) is 5.41 Å². The Bertz CT molecular complexity index is 618. The van der Waals surface area contributed by atoms with Crippen LogP contribution in [0, 0.1) is 0 Å². The maximum atomic E-state index is 12.2. The van der Waals surface area contributed by atoms with E-state index in [1.54, 1.807) is 0 Å². The van der Waals surface area contributed by atoms with Gasteiger partial charge >= 0.3 is 0 Å². The molecule has 0 aromatic heterocycles. The molecule has 0 radical (unpaired) electrons. The molecule has 0 spiro atoms. The fourth-order valence-corrected chi connectivity index (χ4v) is 2.52. The van der Waals surface area contributed by atoms with E-state index >= 15 is 0 Å². The van der Waals surface area contributed by atoms with Gasteiger partial charge in [0.05, 0.1) is 0 Å². The standard InChI is InChI=1S/C19H22O/c1-5-18(20)16-12-7-6-10-14(16)15-11-8-9-13-17(15)19(2,3)4/h6-13H,5H2,1-4H3. The van der Waals surface area contributed by atoms with Crippen LogP contribution >= 0.6 is 0 Å². The molecule has 0 aliphatic carbocycles. The summed E-state index contributed by atoms with van der Waals surface area (Å²) < 4.78 is 0. The summed E-state index contributed by atoms with van der Waals surface area (Å²) in [4.78, 5) is 12.2. The summed E-state index contributed by atoms with van der Waals surface area (Å²) in [7, 11) is 0. The topological polar surface area (TPSA) is 17.1 Å². The predicted molar refractivity (Wildman–Crippen MR) is 85.2 cm³/mol. The van der Waals surface area contributed by atoms with Crippen LogP contribution in [0.5, 0.6) is 0 Å². The van der Waals surface area contributed by atoms with Crippen molar-refractivity contribution in [3.8, 4) is 11.1 Å². The molecule has 0 amide bonds. The molecule has 1 nitrogen and oxygen atoms in total. The summed E-state index contributed by atoms with van der Waals surface area (Å²) in [6.07, 6.45) is 0.536. The van der Waals surface area contributed by atoms with Gasteiger partial charge in [-0.15, -0.1) is 0 Å². The smallest absolute Gasteiger partial charge is 0.163 e. The summed E-state index contributed by atoms with van der Waals surface area (Å²) >= 11 is 0. The van der Waals surface area contributed by atoms with Crippen molar-refractivity contribution < 1.29 is 4.79 Å². The van der Waals surface area contributed by atoms with Crippen LogP contribution in [0.15, 0.2) is 48.5 Å². The zero-order valence-corrected chi connectivity index (χ0v) is 12.7. The highest BCUT2D eigenvalue weighted by atomic mass is 16.1. The van der Waals surface area contributed by atoms with E-state index in [0.717, 1.165) is 16.7 Å². The molecule has 0 saturated carbocycles. The second-order valence-corrected chi connectivity index (χ2v) is 6.12. The molecule has 0 atom stereocenters. The van der Waals surface area contributed by atoms with Crippen molar-refractivity contribution in [2.45, 2.75) is 39.5 Å². The lowest BCUT2D eigenvalue weighted by atomic mass is 9.80. The molecule has 0 N–H and O–H groups in total. The van der Waals surface area contributed by atoms with Gasteiger partial charge in [0.15, 0.2) is 5.78 Å². The Kier molecular flexibility index (Phi) is 4.08. The SMILES string of the molecule is CCC(=O)c1ccccc1-c1ccccc1C(C)(C)C. The first-order valence-electron chi connectivity index (χ1n) is 7.17. The van der Waals surface area contributed by atoms with Gasteiger partial charge in [0.25, 0.3) is 0 Å². The number of hydrogen-bond acceptors (Lipinski definition) is 1. The van der Waals surface area contributed by atoms with E-state index in [2.05, 4.69) is 39.0 Å². The summed E-state index contributed by atoms with van der Waals surface area (Å²) in [6, 6.07) is 16.3. The van der Waals surface area contributed by atoms with E-state index in [9.17, 15) is 4.79 Å². The molecular weight excluding hydrogens is 244 g/mol. The zero-order chi connectivity index (χ0) is 14.8. The van der Waals surface area contributed by atoms with Crippen molar-refractivity contribution >= 4 is 5.78 Å². The van der Waals surface area contributed by atoms with Gasteiger partial charge < -0.3 is 0 Å². The van der Waals surface area contributed by atoms with Crippen molar-refractivity contribution in [2.75, 3.05) is 0 Å². The van der Waals surface area contributed by atoms with Gasteiger partial charge in [0.2, 0.25) is 0 Å². The number of carbonyl (C=O) groups is 1. The third-order valence-electron chi connectivity index (χ3n) is 3.57. The maximum Gasteiger partial charge on any atom is 0.163 e. The van der Waals surface area contributed by atoms with Gasteiger partial charge in [0.1, 0.15) is 0 Å². The summed E-state index contributed by atoms with van der Waals surface area (Å²) in [5, 5.41) is 0. The van der Waals surface area contributed by atoms with E-state index < -0.39 is 0 Å². The Morgan fingerprint density at radius 3 is 2.05 bits per heavy atom. The Morgan fingerprint density at radius 2 is 1.45 bits per heavy atom. The first kappa shape index (κ1) is 14.5. The van der Waals surface area contributed by atoms with Gasteiger partial charge in [-0.3, -0.25) is 4.79 Å². The van der Waals surface area contributed by atoms with Crippen molar-refractivity contribution in [1.29, 1.82) is 0 Å². The molecule has 0 bridgehead atoms. The second kappa shape index (κ2) is 5.62. The Labute approximate surface area is 121 Å². The molecule has 0 fully saturated rings. The first-order valence-corrected chi connectivity index (χ1v) is 7.17. The van der Waals surface area contributed by atoms with Crippen molar-refractivity contribution in [2.24, 2.45) is 0 Å². The van der Waals surface area contributed by atoms with E-state index in [-0.39, 0.29) is 11.2 Å². The minimum absolute atomic E-state index is 0.0545. The predicted octanol–water partition coefficient (Wildman–Crippen LogP) is 5.24. The van der Waals surface area contributed by atoms with Gasteiger partial charge in [-0.1, -0.05) is 76.2 Å². The monoisotopic (exact) mass is 266 g/mol. The van der Waals surface area contributed by atoms with Crippen molar-refractivity contribution in [3.05, 3.63) is 59.7 Å². The molecule has 0 heterocycles. The molecule has 20 heavy (non-hydrogen) atoms. The van der Waals surface area contributed by atoms with Crippen LogP contribution in [-0.4, -0.2) is 5.78 Å². The lowest BCUT2D eigenvalue weighted by molar-refractivity contribution is 0.0989. The van der Waals surface area contributed by atoms with E-state index in [0.29, 0.717) is 6.42 Å². The summed E-state index contributed by atoms with van der Waals surface area (Å²) in [5.74, 6) is 0.198. The van der Waals surface area contributed by atoms with Crippen LogP contribution in [0.3, 0.4) is 0 Å². The van der Waals surface area contributed by atoms with Gasteiger partial charge in [-0.2, -0.15) is 0 Å². The van der Waals surface area contributed by atoms with E-state index in [4.69, 9.17) is 0 Å². The maximum absolute atomic E-state index is 12.2. The van der Waals surface area contributed by atoms with Crippen molar-refractivity contribution in [1.82, 2.24) is 0 Å². The molecule has 1 heteroatoms. The van der Waals surface area contributed by atoms with Crippen LogP contribution < -0.4 is 0 Å². The number of carbonyl (C=O) groups excluding carboxylic acids is 1. The fourth-order valence-electron chi connectivity index (χ4n) is 2.52. The minimum atomic E-state index is 0.0545. The summed E-state index contributed by atoms with van der Waals surface area (Å²) in [5.41, 5.74) is 4.37. The minimum Gasteiger partial charge on any atom is -0.294 e. The van der Waals surface area contributed by atoms with Crippen LogP contribution in [0.1, 0.15) is 50.0 Å². The number of Topliss-reactive ketones (excluding diaryl/α,β-unsaturated/α-hetero) is 1.